The highest BCUT2D eigenvalue weighted by molar-refractivity contribution is 5.44. The zero-order valence-electron chi connectivity index (χ0n) is 17.7. The van der Waals surface area contributed by atoms with Crippen LogP contribution in [-0.4, -0.2) is 61.8 Å². The Balaban J connectivity index is 1.61. The van der Waals surface area contributed by atoms with Crippen molar-refractivity contribution in [3.63, 3.8) is 0 Å². The molecule has 3 rings (SSSR count). The molecule has 1 saturated heterocycles. The number of piperidine rings is 1. The van der Waals surface area contributed by atoms with Gasteiger partial charge in [-0.2, -0.15) is 0 Å². The highest BCUT2D eigenvalue weighted by Crippen LogP contribution is 2.28. The first-order valence-corrected chi connectivity index (χ1v) is 9.98. The van der Waals surface area contributed by atoms with Gasteiger partial charge in [-0.3, -0.25) is 4.98 Å². The van der Waals surface area contributed by atoms with Crippen LogP contribution in [0.2, 0.25) is 0 Å². The molecule has 0 radical (unpaired) electrons. The zero-order chi connectivity index (χ0) is 20.1. The summed E-state index contributed by atoms with van der Waals surface area (Å²) in [6.07, 6.45) is 5.23. The lowest BCUT2D eigenvalue weighted by Crippen LogP contribution is -2.47. The Kier molecular flexibility index (Phi) is 6.73. The molecule has 2 heterocycles. The SMILES string of the molecule is COc1ccc(CCN(C)[C@@H]2CCCN(c3nc(C)cnc3C)C2)cc1OC. The Hall–Kier alpha value is -2.34. The fourth-order valence-electron chi connectivity index (χ4n) is 3.86. The van der Waals surface area contributed by atoms with Gasteiger partial charge in [0.2, 0.25) is 0 Å². The lowest BCUT2D eigenvalue weighted by molar-refractivity contribution is 0.217. The minimum absolute atomic E-state index is 0.524. The van der Waals surface area contributed by atoms with E-state index in [1.54, 1.807) is 14.2 Å². The van der Waals surface area contributed by atoms with Crippen LogP contribution in [0.25, 0.3) is 0 Å². The van der Waals surface area contributed by atoms with E-state index in [0.29, 0.717) is 6.04 Å². The Morgan fingerprint density at radius 2 is 1.96 bits per heavy atom. The van der Waals surface area contributed by atoms with Gasteiger partial charge in [0.1, 0.15) is 5.82 Å². The van der Waals surface area contributed by atoms with Crippen molar-refractivity contribution >= 4 is 5.82 Å². The van der Waals surface area contributed by atoms with Crippen LogP contribution >= 0.6 is 0 Å². The van der Waals surface area contributed by atoms with Crippen LogP contribution < -0.4 is 14.4 Å². The van der Waals surface area contributed by atoms with Crippen molar-refractivity contribution in [3.05, 3.63) is 41.3 Å². The highest BCUT2D eigenvalue weighted by atomic mass is 16.5. The van der Waals surface area contributed by atoms with Crippen molar-refractivity contribution in [2.24, 2.45) is 0 Å². The molecule has 6 heteroatoms. The third-order valence-corrected chi connectivity index (χ3v) is 5.57. The van der Waals surface area contributed by atoms with E-state index < -0.39 is 0 Å². The number of nitrogens with zero attached hydrogens (tertiary/aromatic N) is 4. The monoisotopic (exact) mass is 384 g/mol. The molecule has 0 spiro atoms. The van der Waals surface area contributed by atoms with Crippen molar-refractivity contribution in [2.75, 3.05) is 45.8 Å². The van der Waals surface area contributed by atoms with E-state index in [0.717, 1.165) is 54.8 Å². The number of benzene rings is 1. The molecule has 1 aliphatic rings. The molecule has 0 bridgehead atoms. The molecule has 0 amide bonds. The maximum absolute atomic E-state index is 5.43. The summed E-state index contributed by atoms with van der Waals surface area (Å²) in [6.45, 7) is 7.12. The first kappa shape index (κ1) is 20.4. The van der Waals surface area contributed by atoms with E-state index in [-0.39, 0.29) is 0 Å². The van der Waals surface area contributed by atoms with Crippen molar-refractivity contribution in [3.8, 4) is 11.5 Å². The van der Waals surface area contributed by atoms with Gasteiger partial charge in [0, 0.05) is 31.9 Å². The number of hydrogen-bond donors (Lipinski definition) is 0. The molecular weight excluding hydrogens is 352 g/mol. The molecule has 0 unspecified atom stereocenters. The summed E-state index contributed by atoms with van der Waals surface area (Å²) in [6, 6.07) is 6.70. The lowest BCUT2D eigenvalue weighted by atomic mass is 10.0. The van der Waals surface area contributed by atoms with Crippen molar-refractivity contribution < 1.29 is 9.47 Å². The van der Waals surface area contributed by atoms with Gasteiger partial charge in [0.15, 0.2) is 11.5 Å². The number of ether oxygens (including phenoxy) is 2. The first-order chi connectivity index (χ1) is 13.5. The molecule has 0 N–H and O–H groups in total. The molecule has 1 aromatic heterocycles. The Labute approximate surface area is 168 Å². The Morgan fingerprint density at radius 3 is 2.71 bits per heavy atom. The molecule has 152 valence electrons. The summed E-state index contributed by atoms with van der Waals surface area (Å²) in [7, 11) is 5.57. The van der Waals surface area contributed by atoms with Gasteiger partial charge in [-0.15, -0.1) is 0 Å². The van der Waals surface area contributed by atoms with Crippen LogP contribution in [0.3, 0.4) is 0 Å². The minimum Gasteiger partial charge on any atom is -0.493 e. The van der Waals surface area contributed by atoms with E-state index >= 15 is 0 Å². The number of aryl methyl sites for hydroxylation is 2. The Morgan fingerprint density at radius 1 is 1.18 bits per heavy atom. The normalized spacial score (nSPS) is 17.1. The fourth-order valence-corrected chi connectivity index (χ4v) is 3.86. The maximum Gasteiger partial charge on any atom is 0.160 e. The summed E-state index contributed by atoms with van der Waals surface area (Å²) in [5, 5.41) is 0. The predicted molar refractivity (Wildman–Crippen MR) is 113 cm³/mol. The fraction of sp³-hybridized carbons (Fsp3) is 0.545. The summed E-state index contributed by atoms with van der Waals surface area (Å²) in [5.74, 6) is 2.61. The number of aromatic nitrogens is 2. The van der Waals surface area contributed by atoms with Crippen molar-refractivity contribution in [1.29, 1.82) is 0 Å². The second-order valence-corrected chi connectivity index (χ2v) is 7.58. The smallest absolute Gasteiger partial charge is 0.160 e. The van der Waals surface area contributed by atoms with E-state index in [1.807, 2.05) is 26.1 Å². The van der Waals surface area contributed by atoms with Crippen LogP contribution in [0.5, 0.6) is 11.5 Å². The average molecular weight is 385 g/mol. The molecule has 0 aliphatic carbocycles. The standard InChI is InChI=1S/C22H32N4O2/c1-16-14-23-17(2)22(24-16)26-11-6-7-19(15-26)25(3)12-10-18-8-9-20(27-4)21(13-18)28-5/h8-9,13-14,19H,6-7,10-12,15H2,1-5H3/t19-/m1/s1. The van der Waals surface area contributed by atoms with Crippen LogP contribution in [-0.2, 0) is 6.42 Å². The summed E-state index contributed by atoms with van der Waals surface area (Å²) < 4.78 is 10.8. The van der Waals surface area contributed by atoms with Crippen LogP contribution in [0, 0.1) is 13.8 Å². The van der Waals surface area contributed by atoms with Gasteiger partial charge in [0.25, 0.3) is 0 Å². The van der Waals surface area contributed by atoms with Crippen molar-refractivity contribution in [1.82, 2.24) is 14.9 Å². The second-order valence-electron chi connectivity index (χ2n) is 7.58. The summed E-state index contributed by atoms with van der Waals surface area (Å²) in [5.41, 5.74) is 3.25. The van der Waals surface area contributed by atoms with Gasteiger partial charge in [0.05, 0.1) is 25.6 Å². The van der Waals surface area contributed by atoms with Gasteiger partial charge in [-0.1, -0.05) is 6.07 Å². The number of anilines is 1. The molecule has 0 saturated carbocycles. The molecule has 6 nitrogen and oxygen atoms in total. The second kappa shape index (κ2) is 9.24. The molecule has 28 heavy (non-hydrogen) atoms. The zero-order valence-corrected chi connectivity index (χ0v) is 17.7. The largest absolute Gasteiger partial charge is 0.493 e. The van der Waals surface area contributed by atoms with E-state index in [1.165, 1.54) is 18.4 Å². The van der Waals surface area contributed by atoms with Crippen molar-refractivity contribution in [2.45, 2.75) is 39.2 Å². The van der Waals surface area contributed by atoms with Crippen LogP contribution in [0.15, 0.2) is 24.4 Å². The molecule has 1 aliphatic heterocycles. The number of rotatable bonds is 7. The summed E-state index contributed by atoms with van der Waals surface area (Å²) in [4.78, 5) is 14.1. The molecule has 2 aromatic rings. The quantitative estimate of drug-likeness (QED) is 0.730. The van der Waals surface area contributed by atoms with Gasteiger partial charge in [-0.05, 0) is 57.9 Å². The third-order valence-electron chi connectivity index (χ3n) is 5.57. The molecule has 1 fully saturated rings. The predicted octanol–water partition coefficient (Wildman–Crippen LogP) is 3.25. The van der Waals surface area contributed by atoms with Gasteiger partial charge >= 0.3 is 0 Å². The summed E-state index contributed by atoms with van der Waals surface area (Å²) >= 11 is 0. The lowest BCUT2D eigenvalue weighted by Gasteiger charge is -2.38. The van der Waals surface area contributed by atoms with Crippen LogP contribution in [0.4, 0.5) is 5.82 Å². The maximum atomic E-state index is 5.43. The highest BCUT2D eigenvalue weighted by Gasteiger charge is 2.25. The third kappa shape index (κ3) is 4.73. The number of hydrogen-bond acceptors (Lipinski definition) is 6. The minimum atomic E-state index is 0.524. The molecular formula is C22H32N4O2. The Bertz CT molecular complexity index is 796. The molecule has 1 aromatic carbocycles. The number of likely N-dealkylation sites (N-methyl/N-ethyl adjacent to an activating group) is 1. The van der Waals surface area contributed by atoms with E-state index in [9.17, 15) is 0 Å². The van der Waals surface area contributed by atoms with E-state index in [2.05, 4.69) is 34.0 Å². The molecule has 1 atom stereocenters. The van der Waals surface area contributed by atoms with E-state index in [4.69, 9.17) is 14.5 Å². The van der Waals surface area contributed by atoms with Gasteiger partial charge in [-0.25, -0.2) is 4.98 Å². The van der Waals surface area contributed by atoms with Crippen LogP contribution in [0.1, 0.15) is 29.8 Å². The topological polar surface area (TPSA) is 50.7 Å². The average Bonchev–Trinajstić information content (AvgIpc) is 2.73. The van der Waals surface area contributed by atoms with Gasteiger partial charge < -0.3 is 19.3 Å². The first-order valence-electron chi connectivity index (χ1n) is 9.98. The number of methoxy groups -OCH3 is 2.